The Kier molecular flexibility index (Phi) is 7.37. The van der Waals surface area contributed by atoms with Crippen molar-refractivity contribution in [3.63, 3.8) is 0 Å². The summed E-state index contributed by atoms with van der Waals surface area (Å²) in [6.45, 7) is 0.332. The van der Waals surface area contributed by atoms with Gasteiger partial charge in [-0.25, -0.2) is 0 Å². The Hall–Kier alpha value is -2.97. The van der Waals surface area contributed by atoms with E-state index in [1.165, 1.54) is 6.08 Å². The first kappa shape index (κ1) is 21.7. The monoisotopic (exact) mass is 456 g/mol. The third-order valence-corrected chi connectivity index (χ3v) is 5.04. The largest absolute Gasteiger partial charge is 0.489 e. The van der Waals surface area contributed by atoms with E-state index in [4.69, 9.17) is 39.5 Å². The van der Waals surface area contributed by atoms with Crippen LogP contribution in [-0.4, -0.2) is 5.91 Å². The zero-order valence-electron chi connectivity index (χ0n) is 15.5. The Morgan fingerprint density at radius 1 is 0.967 bits per heavy atom. The molecule has 150 valence electrons. The highest BCUT2D eigenvalue weighted by Gasteiger charge is 2.10. The lowest BCUT2D eigenvalue weighted by Crippen LogP contribution is -2.13. The van der Waals surface area contributed by atoms with E-state index >= 15 is 0 Å². The Morgan fingerprint density at radius 3 is 2.30 bits per heavy atom. The number of hydrogen-bond donors (Lipinski definition) is 1. The van der Waals surface area contributed by atoms with Gasteiger partial charge >= 0.3 is 0 Å². The van der Waals surface area contributed by atoms with Gasteiger partial charge in [0.2, 0.25) is 0 Å². The van der Waals surface area contributed by atoms with Gasteiger partial charge < -0.3 is 10.1 Å². The summed E-state index contributed by atoms with van der Waals surface area (Å²) in [5, 5.41) is 13.5. The lowest BCUT2D eigenvalue weighted by atomic mass is 10.1. The topological polar surface area (TPSA) is 62.1 Å². The first-order valence-corrected chi connectivity index (χ1v) is 9.93. The number of halogens is 3. The third-order valence-electron chi connectivity index (χ3n) is 4.05. The van der Waals surface area contributed by atoms with Crippen molar-refractivity contribution < 1.29 is 9.53 Å². The van der Waals surface area contributed by atoms with Gasteiger partial charge in [-0.3, -0.25) is 4.79 Å². The van der Waals surface area contributed by atoms with Gasteiger partial charge in [0.15, 0.2) is 0 Å². The summed E-state index contributed by atoms with van der Waals surface area (Å²) >= 11 is 17.7. The molecule has 0 unspecified atom stereocenters. The zero-order chi connectivity index (χ0) is 21.5. The summed E-state index contributed by atoms with van der Waals surface area (Å²) in [5.74, 6) is 0.141. The number of benzene rings is 3. The highest BCUT2D eigenvalue weighted by atomic mass is 35.5. The van der Waals surface area contributed by atoms with Crippen LogP contribution in [0.25, 0.3) is 6.08 Å². The highest BCUT2D eigenvalue weighted by Crippen LogP contribution is 2.24. The predicted octanol–water partition coefficient (Wildman–Crippen LogP) is 6.77. The molecule has 0 saturated carbocycles. The van der Waals surface area contributed by atoms with E-state index in [1.54, 1.807) is 60.7 Å². The molecule has 4 nitrogen and oxygen atoms in total. The number of hydrogen-bond acceptors (Lipinski definition) is 3. The normalized spacial score (nSPS) is 10.9. The molecule has 0 heterocycles. The van der Waals surface area contributed by atoms with Gasteiger partial charge in [0, 0.05) is 10.7 Å². The average molecular weight is 458 g/mol. The van der Waals surface area contributed by atoms with Gasteiger partial charge in [0.05, 0.1) is 10.0 Å². The lowest BCUT2D eigenvalue weighted by molar-refractivity contribution is -0.112. The molecule has 30 heavy (non-hydrogen) atoms. The van der Waals surface area contributed by atoms with Crippen molar-refractivity contribution in [2.45, 2.75) is 6.61 Å². The number of nitriles is 1. The maximum atomic E-state index is 12.3. The quantitative estimate of drug-likeness (QED) is 0.328. The molecule has 0 radical (unpaired) electrons. The number of anilines is 1. The van der Waals surface area contributed by atoms with Crippen LogP contribution in [0.2, 0.25) is 15.1 Å². The fourth-order valence-corrected chi connectivity index (χ4v) is 2.95. The summed E-state index contributed by atoms with van der Waals surface area (Å²) in [7, 11) is 0. The molecule has 1 amide bonds. The van der Waals surface area contributed by atoms with Crippen LogP contribution in [0.4, 0.5) is 5.69 Å². The molecule has 3 rings (SSSR count). The molecule has 0 aliphatic carbocycles. The van der Waals surface area contributed by atoms with E-state index in [0.29, 0.717) is 38.7 Å². The van der Waals surface area contributed by atoms with Crippen LogP contribution in [0.5, 0.6) is 5.75 Å². The molecule has 1 N–H and O–H groups in total. The molecular weight excluding hydrogens is 443 g/mol. The fraction of sp³-hybridized carbons (Fsp3) is 0.0435. The first-order valence-electron chi connectivity index (χ1n) is 8.80. The van der Waals surface area contributed by atoms with Crippen LogP contribution < -0.4 is 10.1 Å². The molecular formula is C23H15Cl3N2O2. The molecule has 0 spiro atoms. The number of amides is 1. The van der Waals surface area contributed by atoms with Gasteiger partial charge in [-0.2, -0.15) is 5.26 Å². The van der Waals surface area contributed by atoms with Gasteiger partial charge in [0.25, 0.3) is 5.91 Å². The van der Waals surface area contributed by atoms with Crippen LogP contribution in [0, 0.1) is 11.3 Å². The summed E-state index contributed by atoms with van der Waals surface area (Å²) in [6, 6.07) is 20.9. The number of carbonyl (C=O) groups is 1. The van der Waals surface area contributed by atoms with Crippen molar-refractivity contribution >= 4 is 52.5 Å². The number of carbonyl (C=O) groups excluding carboxylic acids is 1. The van der Waals surface area contributed by atoms with Gasteiger partial charge in [0.1, 0.15) is 24.0 Å². The maximum absolute atomic E-state index is 12.3. The molecule has 0 aromatic heterocycles. The first-order chi connectivity index (χ1) is 14.4. The minimum atomic E-state index is -0.500. The molecule has 0 saturated heterocycles. The van der Waals surface area contributed by atoms with E-state index < -0.39 is 5.91 Å². The second-order valence-corrected chi connectivity index (χ2v) is 7.49. The van der Waals surface area contributed by atoms with Crippen molar-refractivity contribution in [2.75, 3.05) is 5.32 Å². The molecule has 3 aromatic carbocycles. The van der Waals surface area contributed by atoms with E-state index in [2.05, 4.69) is 5.32 Å². The van der Waals surface area contributed by atoms with Crippen molar-refractivity contribution in [1.82, 2.24) is 0 Å². The van der Waals surface area contributed by atoms with Crippen molar-refractivity contribution in [3.05, 3.63) is 98.5 Å². The van der Waals surface area contributed by atoms with Crippen LogP contribution in [0.1, 0.15) is 11.1 Å². The van der Waals surface area contributed by atoms with Crippen molar-refractivity contribution in [2.24, 2.45) is 0 Å². The number of rotatable bonds is 6. The Bertz CT molecular complexity index is 1120. The SMILES string of the molecule is N#C/C(=C/c1ccc(OCc2ccc(Cl)c(Cl)c2)cc1)C(=O)Nc1ccc(Cl)cc1. The van der Waals surface area contributed by atoms with Gasteiger partial charge in [-0.1, -0.05) is 53.0 Å². The third kappa shape index (κ3) is 6.01. The van der Waals surface area contributed by atoms with Gasteiger partial charge in [-0.05, 0) is 65.7 Å². The van der Waals surface area contributed by atoms with Crippen molar-refractivity contribution in [3.8, 4) is 11.8 Å². The zero-order valence-corrected chi connectivity index (χ0v) is 17.8. The minimum absolute atomic E-state index is 0.0191. The standard InChI is InChI=1S/C23H15Cl3N2O2/c24-18-4-6-19(7-5-18)28-23(29)17(13-27)11-15-1-8-20(9-2-15)30-14-16-3-10-21(25)22(26)12-16/h1-12H,14H2,(H,28,29)/b17-11-. The summed E-state index contributed by atoms with van der Waals surface area (Å²) < 4.78 is 5.73. The number of nitrogens with zero attached hydrogens (tertiary/aromatic N) is 1. The van der Waals surface area contributed by atoms with Crippen LogP contribution >= 0.6 is 34.8 Å². The second-order valence-electron chi connectivity index (χ2n) is 6.24. The molecule has 0 fully saturated rings. The van der Waals surface area contributed by atoms with Crippen LogP contribution in [-0.2, 0) is 11.4 Å². The van der Waals surface area contributed by atoms with E-state index in [1.807, 2.05) is 12.1 Å². The summed E-state index contributed by atoms with van der Waals surface area (Å²) in [5.41, 5.74) is 2.12. The minimum Gasteiger partial charge on any atom is -0.489 e. The Balaban J connectivity index is 1.64. The molecule has 0 atom stereocenters. The maximum Gasteiger partial charge on any atom is 0.266 e. The van der Waals surface area contributed by atoms with Gasteiger partial charge in [-0.15, -0.1) is 0 Å². The highest BCUT2D eigenvalue weighted by molar-refractivity contribution is 6.42. The summed E-state index contributed by atoms with van der Waals surface area (Å²) in [4.78, 5) is 12.3. The van der Waals surface area contributed by atoms with E-state index in [0.717, 1.165) is 5.56 Å². The fourth-order valence-electron chi connectivity index (χ4n) is 2.50. The molecule has 0 aliphatic rings. The van der Waals surface area contributed by atoms with E-state index in [-0.39, 0.29) is 5.57 Å². The average Bonchev–Trinajstić information content (AvgIpc) is 2.75. The Morgan fingerprint density at radius 2 is 1.67 bits per heavy atom. The number of nitrogens with one attached hydrogen (secondary N) is 1. The Labute approximate surface area is 189 Å². The predicted molar refractivity (Wildman–Crippen MR) is 121 cm³/mol. The van der Waals surface area contributed by atoms with Crippen LogP contribution in [0.15, 0.2) is 72.3 Å². The smallest absolute Gasteiger partial charge is 0.266 e. The van der Waals surface area contributed by atoms with E-state index in [9.17, 15) is 10.1 Å². The second kappa shape index (κ2) is 10.2. The summed E-state index contributed by atoms with van der Waals surface area (Å²) in [6.07, 6.45) is 1.51. The lowest BCUT2D eigenvalue weighted by Gasteiger charge is -2.08. The van der Waals surface area contributed by atoms with Crippen LogP contribution in [0.3, 0.4) is 0 Å². The molecule has 0 aliphatic heterocycles. The molecule has 0 bridgehead atoms. The number of ether oxygens (including phenoxy) is 1. The molecule has 3 aromatic rings. The van der Waals surface area contributed by atoms with Crippen molar-refractivity contribution in [1.29, 1.82) is 5.26 Å². The molecule has 7 heteroatoms.